The molecule has 1 atom stereocenters. The van der Waals surface area contributed by atoms with Gasteiger partial charge in [-0.15, -0.1) is 0 Å². The number of benzene rings is 2. The number of aryl methyl sites for hydroxylation is 2. The lowest BCUT2D eigenvalue weighted by Crippen LogP contribution is -2.15. The van der Waals surface area contributed by atoms with Gasteiger partial charge in [0.2, 0.25) is 0 Å². The second-order valence-corrected chi connectivity index (χ2v) is 5.12. The molecule has 0 bridgehead atoms. The van der Waals surface area contributed by atoms with E-state index in [0.29, 0.717) is 6.42 Å². The lowest BCUT2D eigenvalue weighted by atomic mass is 9.88. The van der Waals surface area contributed by atoms with Crippen molar-refractivity contribution in [1.29, 1.82) is 0 Å². The molecule has 0 spiro atoms. The van der Waals surface area contributed by atoms with Crippen LogP contribution in [0.2, 0.25) is 0 Å². The molecule has 0 aliphatic rings. The number of carbonyl (C=O) groups is 1. The summed E-state index contributed by atoms with van der Waals surface area (Å²) in [7, 11) is 0. The lowest BCUT2D eigenvalue weighted by molar-refractivity contribution is -0.138. The minimum absolute atomic E-state index is 0.187. The van der Waals surface area contributed by atoms with E-state index in [1.54, 1.807) is 24.3 Å². The zero-order valence-corrected chi connectivity index (χ0v) is 11.6. The summed E-state index contributed by atoms with van der Waals surface area (Å²) in [6, 6.07) is 12.5. The predicted molar refractivity (Wildman–Crippen MR) is 78.1 cm³/mol. The van der Waals surface area contributed by atoms with Gasteiger partial charge >= 0.3 is 5.97 Å². The van der Waals surface area contributed by atoms with Crippen LogP contribution in [0.1, 0.15) is 28.2 Å². The Morgan fingerprint density at radius 1 is 1.10 bits per heavy atom. The normalized spacial score (nSPS) is 12.1. The number of phenolic OH excluding ortho intramolecular Hbond substituents is 1. The first-order valence-corrected chi connectivity index (χ1v) is 6.55. The van der Waals surface area contributed by atoms with Crippen molar-refractivity contribution >= 4 is 5.97 Å². The first-order valence-electron chi connectivity index (χ1n) is 6.55. The van der Waals surface area contributed by atoms with Gasteiger partial charge in [-0.25, -0.2) is 0 Å². The molecule has 2 rings (SSSR count). The molecule has 0 radical (unpaired) electrons. The fourth-order valence-electron chi connectivity index (χ4n) is 2.41. The zero-order chi connectivity index (χ0) is 14.7. The van der Waals surface area contributed by atoms with Gasteiger partial charge in [-0.05, 0) is 49.1 Å². The molecule has 0 heterocycles. The molecule has 0 fully saturated rings. The second kappa shape index (κ2) is 5.78. The summed E-state index contributed by atoms with van der Waals surface area (Å²) in [6.07, 6.45) is 0.416. The third-order valence-corrected chi connectivity index (χ3v) is 3.47. The smallest absolute Gasteiger partial charge is 0.311 e. The average molecular weight is 270 g/mol. The maximum absolute atomic E-state index is 11.6. The number of hydrogen-bond acceptors (Lipinski definition) is 2. The molecule has 0 amide bonds. The van der Waals surface area contributed by atoms with Gasteiger partial charge < -0.3 is 10.2 Å². The van der Waals surface area contributed by atoms with Gasteiger partial charge in [-0.3, -0.25) is 4.79 Å². The molecule has 2 aromatic rings. The van der Waals surface area contributed by atoms with Gasteiger partial charge in [0.05, 0.1) is 5.92 Å². The summed E-state index contributed by atoms with van der Waals surface area (Å²) < 4.78 is 0. The van der Waals surface area contributed by atoms with Gasteiger partial charge in [-0.1, -0.05) is 35.9 Å². The van der Waals surface area contributed by atoms with Crippen LogP contribution < -0.4 is 0 Å². The van der Waals surface area contributed by atoms with E-state index in [4.69, 9.17) is 0 Å². The first kappa shape index (κ1) is 14.1. The van der Waals surface area contributed by atoms with Crippen LogP contribution in [-0.4, -0.2) is 16.2 Å². The van der Waals surface area contributed by atoms with Crippen LogP contribution in [0.3, 0.4) is 0 Å². The first-order chi connectivity index (χ1) is 9.47. The summed E-state index contributed by atoms with van der Waals surface area (Å²) in [5.74, 6) is -1.21. The molecule has 20 heavy (non-hydrogen) atoms. The van der Waals surface area contributed by atoms with E-state index >= 15 is 0 Å². The Morgan fingerprint density at radius 2 is 1.75 bits per heavy atom. The van der Waals surface area contributed by atoms with Crippen molar-refractivity contribution in [3.8, 4) is 5.75 Å². The Hall–Kier alpha value is -2.29. The molecule has 104 valence electrons. The van der Waals surface area contributed by atoms with Gasteiger partial charge in [0.1, 0.15) is 5.75 Å². The Labute approximate surface area is 118 Å². The van der Waals surface area contributed by atoms with E-state index in [9.17, 15) is 15.0 Å². The van der Waals surface area contributed by atoms with Crippen LogP contribution in [0.25, 0.3) is 0 Å². The van der Waals surface area contributed by atoms with E-state index < -0.39 is 11.9 Å². The Bertz CT molecular complexity index is 615. The fourth-order valence-corrected chi connectivity index (χ4v) is 2.41. The molecule has 2 N–H and O–H groups in total. The Kier molecular flexibility index (Phi) is 4.08. The Balaban J connectivity index is 2.31. The van der Waals surface area contributed by atoms with Crippen LogP contribution >= 0.6 is 0 Å². The third-order valence-electron chi connectivity index (χ3n) is 3.47. The van der Waals surface area contributed by atoms with Crippen molar-refractivity contribution in [2.45, 2.75) is 26.2 Å². The predicted octanol–water partition coefficient (Wildman–Crippen LogP) is 3.42. The quantitative estimate of drug-likeness (QED) is 0.895. The van der Waals surface area contributed by atoms with Crippen LogP contribution in [0.15, 0.2) is 42.5 Å². The van der Waals surface area contributed by atoms with E-state index in [1.165, 1.54) is 0 Å². The highest BCUT2D eigenvalue weighted by atomic mass is 16.4. The summed E-state index contributed by atoms with van der Waals surface area (Å²) in [4.78, 5) is 11.6. The number of aliphatic carboxylic acids is 1. The molecule has 3 nitrogen and oxygen atoms in total. The molecule has 0 saturated carbocycles. The summed E-state index contributed by atoms with van der Waals surface area (Å²) >= 11 is 0. The molecule has 0 aliphatic heterocycles. The highest BCUT2D eigenvalue weighted by molar-refractivity contribution is 5.77. The summed E-state index contributed by atoms with van der Waals surface area (Å²) in [5.41, 5.74) is 3.86. The third kappa shape index (κ3) is 3.18. The van der Waals surface area contributed by atoms with E-state index in [2.05, 4.69) is 0 Å². The zero-order valence-electron chi connectivity index (χ0n) is 11.6. The molecule has 0 saturated heterocycles. The van der Waals surface area contributed by atoms with Crippen molar-refractivity contribution in [3.05, 3.63) is 64.7 Å². The van der Waals surface area contributed by atoms with Gasteiger partial charge in [0.15, 0.2) is 0 Å². The standard InChI is InChI=1S/C17H18O3/c1-11-3-8-15(12(2)9-11)16(17(19)20)10-13-4-6-14(18)7-5-13/h3-9,16,18H,10H2,1-2H3,(H,19,20). The molecule has 1 unspecified atom stereocenters. The molecule has 2 aromatic carbocycles. The van der Waals surface area contributed by atoms with Crippen molar-refractivity contribution in [3.63, 3.8) is 0 Å². The summed E-state index contributed by atoms with van der Waals surface area (Å²) in [6.45, 7) is 3.93. The monoisotopic (exact) mass is 270 g/mol. The van der Waals surface area contributed by atoms with Gasteiger partial charge in [0.25, 0.3) is 0 Å². The van der Waals surface area contributed by atoms with Crippen molar-refractivity contribution in [2.24, 2.45) is 0 Å². The minimum Gasteiger partial charge on any atom is -0.508 e. The maximum atomic E-state index is 11.6. The van der Waals surface area contributed by atoms with Crippen molar-refractivity contribution in [1.82, 2.24) is 0 Å². The Morgan fingerprint density at radius 3 is 2.30 bits per heavy atom. The van der Waals surface area contributed by atoms with Crippen LogP contribution in [-0.2, 0) is 11.2 Å². The van der Waals surface area contributed by atoms with Crippen LogP contribution in [0.4, 0.5) is 0 Å². The molecule has 0 aromatic heterocycles. The molecular formula is C17H18O3. The minimum atomic E-state index is -0.829. The maximum Gasteiger partial charge on any atom is 0.311 e. The fraction of sp³-hybridized carbons (Fsp3) is 0.235. The average Bonchev–Trinajstić information content (AvgIpc) is 2.39. The summed E-state index contributed by atoms with van der Waals surface area (Å²) in [5, 5.41) is 18.8. The van der Waals surface area contributed by atoms with Gasteiger partial charge in [-0.2, -0.15) is 0 Å². The molecule has 0 aliphatic carbocycles. The molecule has 3 heteroatoms. The topological polar surface area (TPSA) is 57.5 Å². The number of aromatic hydroxyl groups is 1. The van der Waals surface area contributed by atoms with Crippen LogP contribution in [0.5, 0.6) is 5.75 Å². The van der Waals surface area contributed by atoms with Crippen molar-refractivity contribution in [2.75, 3.05) is 0 Å². The molecular weight excluding hydrogens is 252 g/mol. The largest absolute Gasteiger partial charge is 0.508 e. The number of hydrogen-bond donors (Lipinski definition) is 2. The number of rotatable bonds is 4. The van der Waals surface area contributed by atoms with E-state index in [0.717, 1.165) is 22.3 Å². The number of carboxylic acid groups (broad SMARTS) is 1. The SMILES string of the molecule is Cc1ccc(C(Cc2ccc(O)cc2)C(=O)O)c(C)c1. The van der Waals surface area contributed by atoms with Gasteiger partial charge in [0, 0.05) is 0 Å². The number of carboxylic acids is 1. The lowest BCUT2D eigenvalue weighted by Gasteiger charge is -2.16. The highest BCUT2D eigenvalue weighted by Gasteiger charge is 2.22. The highest BCUT2D eigenvalue weighted by Crippen LogP contribution is 2.26. The van der Waals surface area contributed by atoms with E-state index in [-0.39, 0.29) is 5.75 Å². The van der Waals surface area contributed by atoms with Crippen molar-refractivity contribution < 1.29 is 15.0 Å². The van der Waals surface area contributed by atoms with E-state index in [1.807, 2.05) is 32.0 Å². The van der Waals surface area contributed by atoms with Crippen LogP contribution in [0, 0.1) is 13.8 Å². The second-order valence-electron chi connectivity index (χ2n) is 5.12. The number of phenols is 1.